The molecule has 1 fully saturated rings. The largest absolute Gasteiger partial charge is 0.542 e. The second-order valence-electron chi connectivity index (χ2n) is 9.64. The van der Waals surface area contributed by atoms with Gasteiger partial charge in [0.25, 0.3) is 0 Å². The highest BCUT2D eigenvalue weighted by molar-refractivity contribution is 5.93. The highest BCUT2D eigenvalue weighted by Crippen LogP contribution is 2.27. The maximum atomic E-state index is 13.6. The molecule has 4 rings (SSSR count). The van der Waals surface area contributed by atoms with E-state index in [0.29, 0.717) is 18.5 Å². The number of nitrogens with zero attached hydrogens (tertiary/aromatic N) is 3. The minimum absolute atomic E-state index is 0.0333. The van der Waals surface area contributed by atoms with Gasteiger partial charge in [0.2, 0.25) is 17.5 Å². The summed E-state index contributed by atoms with van der Waals surface area (Å²) >= 11 is 0. The Balaban J connectivity index is 0.000000587. The van der Waals surface area contributed by atoms with E-state index in [9.17, 15) is 27.2 Å². The number of likely N-dealkylation sites (tertiary alicyclic amines) is 1. The second-order valence-corrected chi connectivity index (χ2v) is 9.64. The number of rotatable bonds is 6. The lowest BCUT2D eigenvalue weighted by molar-refractivity contribution is -0.595. The van der Waals surface area contributed by atoms with Crippen molar-refractivity contribution in [3.05, 3.63) is 84.7 Å². The minimum Gasteiger partial charge on any atom is -0.542 e. The lowest BCUT2D eigenvalue weighted by Gasteiger charge is -2.28. The third-order valence-electron chi connectivity index (χ3n) is 6.51. The fourth-order valence-electron chi connectivity index (χ4n) is 4.33. The zero-order valence-corrected chi connectivity index (χ0v) is 22.4. The quantitative estimate of drug-likeness (QED) is 0.358. The van der Waals surface area contributed by atoms with Crippen molar-refractivity contribution >= 4 is 17.8 Å². The number of carboxylic acids is 1. The third kappa shape index (κ3) is 8.10. The number of aromatic nitrogens is 1. The third-order valence-corrected chi connectivity index (χ3v) is 6.51. The molecule has 1 aliphatic rings. The highest BCUT2D eigenvalue weighted by atomic mass is 19.4. The number of hydrogen-bond donors (Lipinski definition) is 1. The Bertz CT molecular complexity index is 1330. The molecule has 1 saturated heterocycles. The summed E-state index contributed by atoms with van der Waals surface area (Å²) in [6, 6.07) is 20.6. The molecule has 0 spiro atoms. The summed E-state index contributed by atoms with van der Waals surface area (Å²) in [6.07, 6.45) is -1.94. The van der Waals surface area contributed by atoms with Crippen LogP contribution in [0.4, 0.5) is 17.6 Å². The number of benzene rings is 2. The summed E-state index contributed by atoms with van der Waals surface area (Å²) < 4.78 is 47.2. The predicted molar refractivity (Wildman–Crippen MR) is 140 cm³/mol. The van der Waals surface area contributed by atoms with Crippen molar-refractivity contribution in [2.24, 2.45) is 5.73 Å². The first-order valence-electron chi connectivity index (χ1n) is 12.6. The molecule has 2 heterocycles. The van der Waals surface area contributed by atoms with Gasteiger partial charge in [-0.2, -0.15) is 17.7 Å². The standard InChI is InChI=1S/C27H30FN4O2.C2HF3O2/c1-30(2)26(33)24(25(29)27(34)32-17-14-22(28)18-32)21-8-6-19(7-9-21)20-10-12-23(13-11-20)31-15-4-3-5-16-31;3-2(4,5)1(6)7/h3-13,15-16,22,24-25H,14,17-18,29H2,1-2H3;(H,6,7)/q+1;/p-1/t22-,24-,25-;/m0./s1. The summed E-state index contributed by atoms with van der Waals surface area (Å²) in [5.74, 6) is -4.49. The maximum Gasteiger partial charge on any atom is 0.430 e. The van der Waals surface area contributed by atoms with E-state index in [2.05, 4.69) is 0 Å². The van der Waals surface area contributed by atoms with Crippen LogP contribution >= 0.6 is 0 Å². The van der Waals surface area contributed by atoms with E-state index in [1.807, 2.05) is 83.7 Å². The van der Waals surface area contributed by atoms with Gasteiger partial charge in [0.05, 0.1) is 12.5 Å². The lowest BCUT2D eigenvalue weighted by atomic mass is 9.88. The van der Waals surface area contributed by atoms with Crippen LogP contribution in [0.5, 0.6) is 0 Å². The van der Waals surface area contributed by atoms with Crippen LogP contribution in [-0.2, 0) is 14.4 Å². The first-order valence-corrected chi connectivity index (χ1v) is 12.6. The molecule has 218 valence electrons. The number of pyridine rings is 1. The van der Waals surface area contributed by atoms with Gasteiger partial charge in [0, 0.05) is 44.9 Å². The van der Waals surface area contributed by atoms with E-state index in [4.69, 9.17) is 15.6 Å². The molecule has 0 aliphatic carbocycles. The molecule has 1 aliphatic heterocycles. The fraction of sp³-hybridized carbons (Fsp3) is 0.310. The number of halogens is 4. The van der Waals surface area contributed by atoms with E-state index in [0.717, 1.165) is 16.8 Å². The Hall–Kier alpha value is -4.32. The summed E-state index contributed by atoms with van der Waals surface area (Å²) in [6.45, 7) is 0.360. The van der Waals surface area contributed by atoms with Gasteiger partial charge in [-0.25, -0.2) is 4.39 Å². The molecule has 1 aromatic heterocycles. The number of amides is 2. The summed E-state index contributed by atoms with van der Waals surface area (Å²) in [7, 11) is 3.28. The van der Waals surface area contributed by atoms with Crippen LogP contribution in [0.3, 0.4) is 0 Å². The van der Waals surface area contributed by atoms with Crippen molar-refractivity contribution in [1.82, 2.24) is 9.80 Å². The summed E-state index contributed by atoms with van der Waals surface area (Å²) in [5, 5.41) is 8.78. The van der Waals surface area contributed by atoms with E-state index in [1.54, 1.807) is 14.1 Å². The van der Waals surface area contributed by atoms with Crippen molar-refractivity contribution in [3.8, 4) is 16.8 Å². The number of carbonyl (C=O) groups excluding carboxylic acids is 3. The van der Waals surface area contributed by atoms with Crippen molar-refractivity contribution in [2.75, 3.05) is 27.2 Å². The summed E-state index contributed by atoms with van der Waals surface area (Å²) in [4.78, 5) is 37.6. The average Bonchev–Trinajstić information content (AvgIpc) is 3.39. The van der Waals surface area contributed by atoms with Gasteiger partial charge in [0.15, 0.2) is 12.4 Å². The van der Waals surface area contributed by atoms with Crippen molar-refractivity contribution in [2.45, 2.75) is 30.7 Å². The number of nitrogens with two attached hydrogens (primary N) is 1. The Morgan fingerprint density at radius 3 is 1.93 bits per heavy atom. The smallest absolute Gasteiger partial charge is 0.430 e. The fourth-order valence-corrected chi connectivity index (χ4v) is 4.33. The number of alkyl halides is 4. The number of carbonyl (C=O) groups is 3. The van der Waals surface area contributed by atoms with E-state index in [1.165, 1.54) is 9.80 Å². The number of likely N-dealkylation sites (N-methyl/N-ethyl adjacent to an activating group) is 1. The van der Waals surface area contributed by atoms with Gasteiger partial charge < -0.3 is 25.4 Å². The van der Waals surface area contributed by atoms with Crippen LogP contribution in [-0.4, -0.2) is 73.2 Å². The molecular weight excluding hydrogens is 544 g/mol. The second kappa shape index (κ2) is 13.4. The van der Waals surface area contributed by atoms with Gasteiger partial charge >= 0.3 is 6.18 Å². The van der Waals surface area contributed by atoms with E-state index >= 15 is 0 Å². The highest BCUT2D eigenvalue weighted by Gasteiger charge is 2.38. The van der Waals surface area contributed by atoms with E-state index in [-0.39, 0.29) is 12.5 Å². The van der Waals surface area contributed by atoms with Gasteiger partial charge in [-0.05, 0) is 35.2 Å². The van der Waals surface area contributed by atoms with Crippen LogP contribution in [0.15, 0.2) is 79.1 Å². The first kappa shape index (κ1) is 31.2. The minimum atomic E-state index is -5.19. The molecule has 2 amide bonds. The monoisotopic (exact) mass is 574 g/mol. The van der Waals surface area contributed by atoms with Gasteiger partial charge in [0.1, 0.15) is 18.2 Å². The van der Waals surface area contributed by atoms with Crippen molar-refractivity contribution in [3.63, 3.8) is 0 Å². The maximum absolute atomic E-state index is 13.6. The molecule has 2 aromatic carbocycles. The Labute approximate surface area is 234 Å². The predicted octanol–water partition coefficient (Wildman–Crippen LogP) is 2.00. The Kier molecular flexibility index (Phi) is 10.2. The number of aliphatic carboxylic acids is 1. The number of hydrogen-bond acceptors (Lipinski definition) is 5. The molecule has 2 N–H and O–H groups in total. The molecule has 3 atom stereocenters. The number of carboxylic acid groups (broad SMARTS) is 1. The summed E-state index contributed by atoms with van der Waals surface area (Å²) in [5.41, 5.74) is 10.1. The molecule has 0 bridgehead atoms. The van der Waals surface area contributed by atoms with Crippen LogP contribution in [0, 0.1) is 0 Å². The molecule has 0 saturated carbocycles. The van der Waals surface area contributed by atoms with Crippen LogP contribution < -0.4 is 15.4 Å². The van der Waals surface area contributed by atoms with Gasteiger partial charge in [-0.15, -0.1) is 0 Å². The van der Waals surface area contributed by atoms with Gasteiger partial charge in [-0.1, -0.05) is 30.3 Å². The molecule has 0 radical (unpaired) electrons. The zero-order chi connectivity index (χ0) is 30.3. The molecule has 41 heavy (non-hydrogen) atoms. The molecule has 12 heteroatoms. The Morgan fingerprint density at radius 1 is 0.976 bits per heavy atom. The van der Waals surface area contributed by atoms with Gasteiger partial charge in [-0.3, -0.25) is 9.59 Å². The van der Waals surface area contributed by atoms with Crippen LogP contribution in [0.2, 0.25) is 0 Å². The molecular formula is C29H30F4N4O4. The van der Waals surface area contributed by atoms with Crippen molar-refractivity contribution in [1.29, 1.82) is 0 Å². The topological polar surface area (TPSA) is 111 Å². The van der Waals surface area contributed by atoms with Crippen molar-refractivity contribution < 1.29 is 41.6 Å². The average molecular weight is 575 g/mol. The van der Waals surface area contributed by atoms with Crippen LogP contribution in [0.25, 0.3) is 16.8 Å². The molecule has 8 nitrogen and oxygen atoms in total. The van der Waals surface area contributed by atoms with E-state index < -0.39 is 36.2 Å². The molecule has 0 unspecified atom stereocenters. The zero-order valence-electron chi connectivity index (χ0n) is 22.4. The lowest BCUT2D eigenvalue weighted by Crippen LogP contribution is -2.50. The first-order chi connectivity index (χ1) is 19.3. The Morgan fingerprint density at radius 2 is 1.49 bits per heavy atom. The molecule has 3 aromatic rings. The van der Waals surface area contributed by atoms with Crippen LogP contribution in [0.1, 0.15) is 17.9 Å². The SMILES string of the molecule is CN(C)C(=O)[C@@H](c1ccc(-c2ccc(-[n+]3ccccc3)cc2)cc1)[C@H](N)C(=O)N1CC[C@H](F)C1.O=C([O-])C(F)(F)F. The normalized spacial score (nSPS) is 16.3.